The normalized spacial score (nSPS) is 11.9. The van der Waals surface area contributed by atoms with Gasteiger partial charge in [-0.15, -0.1) is 0 Å². The van der Waals surface area contributed by atoms with Crippen LogP contribution >= 0.6 is 23.2 Å². The van der Waals surface area contributed by atoms with E-state index in [0.717, 1.165) is 18.4 Å². The zero-order valence-corrected chi connectivity index (χ0v) is 11.6. The molecule has 0 fully saturated rings. The summed E-state index contributed by atoms with van der Waals surface area (Å²) < 4.78 is 0. The first-order chi connectivity index (χ1) is 7.36. The number of benzene rings is 1. The van der Waals surface area contributed by atoms with E-state index in [9.17, 15) is 0 Å². The van der Waals surface area contributed by atoms with Gasteiger partial charge in [-0.3, -0.25) is 0 Å². The number of hydrogen-bond donors (Lipinski definition) is 1. The van der Waals surface area contributed by atoms with E-state index in [1.807, 2.05) is 6.07 Å². The van der Waals surface area contributed by atoms with Gasteiger partial charge in [0.25, 0.3) is 0 Å². The highest BCUT2D eigenvalue weighted by Crippen LogP contribution is 2.35. The fraction of sp³-hybridized carbons (Fsp3) is 0.538. The lowest BCUT2D eigenvalue weighted by Crippen LogP contribution is -2.13. The van der Waals surface area contributed by atoms with Gasteiger partial charge in [0.05, 0.1) is 10.0 Å². The monoisotopic (exact) mass is 259 g/mol. The summed E-state index contributed by atoms with van der Waals surface area (Å²) in [5.74, 6) is 0. The molecule has 0 aromatic heterocycles. The van der Waals surface area contributed by atoms with Crippen LogP contribution in [-0.2, 0) is 11.8 Å². The fourth-order valence-electron chi connectivity index (χ4n) is 1.64. The van der Waals surface area contributed by atoms with Crippen molar-refractivity contribution in [3.05, 3.63) is 33.3 Å². The lowest BCUT2D eigenvalue weighted by atomic mass is 9.85. The van der Waals surface area contributed by atoms with Crippen molar-refractivity contribution < 1.29 is 0 Å². The fourth-order valence-corrected chi connectivity index (χ4v) is 2.28. The van der Waals surface area contributed by atoms with Crippen molar-refractivity contribution in [3.63, 3.8) is 0 Å². The summed E-state index contributed by atoms with van der Waals surface area (Å²) in [7, 11) is 0. The average Bonchev–Trinajstić information content (AvgIpc) is 2.17. The Labute approximate surface area is 108 Å². The molecule has 1 nitrogen and oxygen atoms in total. The topological polar surface area (TPSA) is 26.0 Å². The Bertz CT molecular complexity index is 367. The van der Waals surface area contributed by atoms with Crippen molar-refractivity contribution in [2.45, 2.75) is 39.0 Å². The number of rotatable bonds is 3. The molecular formula is C13H19Cl2N. The van der Waals surface area contributed by atoms with E-state index in [4.69, 9.17) is 28.9 Å². The molecule has 0 aliphatic rings. The largest absolute Gasteiger partial charge is 0.330 e. The highest BCUT2D eigenvalue weighted by Gasteiger charge is 2.19. The van der Waals surface area contributed by atoms with E-state index in [-0.39, 0.29) is 5.41 Å². The second-order valence-electron chi connectivity index (χ2n) is 5.08. The minimum Gasteiger partial charge on any atom is -0.330 e. The van der Waals surface area contributed by atoms with E-state index >= 15 is 0 Å². The van der Waals surface area contributed by atoms with Gasteiger partial charge in [-0.25, -0.2) is 0 Å². The smallest absolute Gasteiger partial charge is 0.0629 e. The van der Waals surface area contributed by atoms with Crippen molar-refractivity contribution in [1.29, 1.82) is 0 Å². The highest BCUT2D eigenvalue weighted by atomic mass is 35.5. The summed E-state index contributed by atoms with van der Waals surface area (Å²) in [5.41, 5.74) is 7.84. The maximum absolute atomic E-state index is 6.23. The number of aryl methyl sites for hydroxylation is 1. The molecule has 0 aliphatic carbocycles. The zero-order valence-electron chi connectivity index (χ0n) is 10.1. The Morgan fingerprint density at radius 3 is 2.31 bits per heavy atom. The predicted molar refractivity (Wildman–Crippen MR) is 72.5 cm³/mol. The minimum absolute atomic E-state index is 0.0133. The molecule has 0 atom stereocenters. The third-order valence-electron chi connectivity index (χ3n) is 2.57. The van der Waals surface area contributed by atoms with Crippen LogP contribution in [0.25, 0.3) is 0 Å². The molecule has 16 heavy (non-hydrogen) atoms. The van der Waals surface area contributed by atoms with Crippen LogP contribution in [0.4, 0.5) is 0 Å². The summed E-state index contributed by atoms with van der Waals surface area (Å²) in [6.07, 6.45) is 1.93. The molecular weight excluding hydrogens is 241 g/mol. The zero-order chi connectivity index (χ0) is 12.3. The van der Waals surface area contributed by atoms with E-state index in [0.29, 0.717) is 16.6 Å². The van der Waals surface area contributed by atoms with Crippen molar-refractivity contribution in [2.24, 2.45) is 5.73 Å². The minimum atomic E-state index is 0.0133. The Morgan fingerprint density at radius 2 is 1.81 bits per heavy atom. The first kappa shape index (κ1) is 13.8. The van der Waals surface area contributed by atoms with Crippen LogP contribution in [-0.4, -0.2) is 6.54 Å². The Balaban J connectivity index is 3.12. The lowest BCUT2D eigenvalue weighted by molar-refractivity contribution is 0.589. The molecule has 0 bridgehead atoms. The molecule has 1 aromatic rings. The third-order valence-corrected chi connectivity index (χ3v) is 3.37. The summed E-state index contributed by atoms with van der Waals surface area (Å²) in [4.78, 5) is 0. The molecule has 0 spiro atoms. The number of hydrogen-bond acceptors (Lipinski definition) is 1. The maximum atomic E-state index is 6.23. The Morgan fingerprint density at radius 1 is 1.19 bits per heavy atom. The summed E-state index contributed by atoms with van der Waals surface area (Å²) in [6, 6.07) is 4.08. The Kier molecular flexibility index (Phi) is 4.66. The highest BCUT2D eigenvalue weighted by molar-refractivity contribution is 6.42. The molecule has 0 radical (unpaired) electrons. The van der Waals surface area contributed by atoms with Crippen LogP contribution in [0.3, 0.4) is 0 Å². The molecule has 0 heterocycles. The van der Waals surface area contributed by atoms with Crippen molar-refractivity contribution in [1.82, 2.24) is 0 Å². The lowest BCUT2D eigenvalue weighted by Gasteiger charge is -2.22. The van der Waals surface area contributed by atoms with Crippen molar-refractivity contribution in [3.8, 4) is 0 Å². The molecule has 0 saturated heterocycles. The number of nitrogens with two attached hydrogens (primary N) is 1. The summed E-state index contributed by atoms with van der Waals surface area (Å²) >= 11 is 12.4. The maximum Gasteiger partial charge on any atom is 0.0629 e. The molecule has 0 saturated carbocycles. The van der Waals surface area contributed by atoms with Crippen LogP contribution in [0, 0.1) is 0 Å². The molecule has 3 heteroatoms. The molecule has 1 rings (SSSR count). The molecule has 1 aromatic carbocycles. The van der Waals surface area contributed by atoms with E-state index in [2.05, 4.69) is 26.8 Å². The van der Waals surface area contributed by atoms with E-state index in [1.165, 1.54) is 5.56 Å². The standard InChI is InChI=1S/C13H19Cl2N/c1-13(2,3)10-7-9(5-4-6-16)8-11(14)12(10)15/h7-8H,4-6,16H2,1-3H3. The first-order valence-corrected chi connectivity index (χ1v) is 6.30. The second-order valence-corrected chi connectivity index (χ2v) is 5.87. The van der Waals surface area contributed by atoms with Crippen LogP contribution in [0.2, 0.25) is 10.0 Å². The quantitative estimate of drug-likeness (QED) is 0.866. The van der Waals surface area contributed by atoms with Gasteiger partial charge in [0, 0.05) is 0 Å². The van der Waals surface area contributed by atoms with Crippen LogP contribution in [0.1, 0.15) is 38.3 Å². The van der Waals surface area contributed by atoms with Crippen LogP contribution in [0.5, 0.6) is 0 Å². The second kappa shape index (κ2) is 5.39. The Hall–Kier alpha value is -0.240. The SMILES string of the molecule is CC(C)(C)c1cc(CCCN)cc(Cl)c1Cl. The van der Waals surface area contributed by atoms with Gasteiger partial charge in [-0.05, 0) is 42.0 Å². The molecule has 2 N–H and O–H groups in total. The molecule has 0 amide bonds. The van der Waals surface area contributed by atoms with Crippen molar-refractivity contribution >= 4 is 23.2 Å². The van der Waals surface area contributed by atoms with Gasteiger partial charge < -0.3 is 5.73 Å². The van der Waals surface area contributed by atoms with Gasteiger partial charge >= 0.3 is 0 Å². The average molecular weight is 260 g/mol. The molecule has 0 aliphatic heterocycles. The summed E-state index contributed by atoms with van der Waals surface area (Å²) in [5, 5.41) is 1.31. The van der Waals surface area contributed by atoms with Gasteiger partial charge in [-0.2, -0.15) is 0 Å². The van der Waals surface area contributed by atoms with E-state index < -0.39 is 0 Å². The van der Waals surface area contributed by atoms with Gasteiger partial charge in [0.15, 0.2) is 0 Å². The predicted octanol–water partition coefficient (Wildman–Crippen LogP) is 4.18. The van der Waals surface area contributed by atoms with Crippen LogP contribution in [0.15, 0.2) is 12.1 Å². The van der Waals surface area contributed by atoms with Gasteiger partial charge in [-0.1, -0.05) is 50.0 Å². The van der Waals surface area contributed by atoms with Gasteiger partial charge in [0.1, 0.15) is 0 Å². The third kappa shape index (κ3) is 3.38. The molecule has 90 valence electrons. The summed E-state index contributed by atoms with van der Waals surface area (Å²) in [6.45, 7) is 7.11. The van der Waals surface area contributed by atoms with E-state index in [1.54, 1.807) is 0 Å². The number of halogens is 2. The van der Waals surface area contributed by atoms with Crippen LogP contribution < -0.4 is 5.73 Å². The first-order valence-electron chi connectivity index (χ1n) is 5.54. The van der Waals surface area contributed by atoms with Gasteiger partial charge in [0.2, 0.25) is 0 Å². The molecule has 0 unspecified atom stereocenters. The van der Waals surface area contributed by atoms with Crippen molar-refractivity contribution in [2.75, 3.05) is 6.54 Å².